The van der Waals surface area contributed by atoms with Crippen molar-refractivity contribution in [3.05, 3.63) is 11.8 Å². The van der Waals surface area contributed by atoms with Gasteiger partial charge in [0.25, 0.3) is 0 Å². The Labute approximate surface area is 117 Å². The number of methoxy groups -OCH3 is 2. The average Bonchev–Trinajstić information content (AvgIpc) is 2.43. The van der Waals surface area contributed by atoms with E-state index in [-0.39, 0.29) is 25.4 Å². The molecule has 0 saturated heterocycles. The minimum Gasteiger partial charge on any atom is -0.501 e. The van der Waals surface area contributed by atoms with E-state index in [2.05, 4.69) is 4.74 Å². The van der Waals surface area contributed by atoms with Crippen molar-refractivity contribution in [2.75, 3.05) is 27.4 Å². The molecule has 0 aromatic carbocycles. The lowest BCUT2D eigenvalue weighted by Gasteiger charge is -2.15. The van der Waals surface area contributed by atoms with E-state index in [4.69, 9.17) is 14.2 Å². The van der Waals surface area contributed by atoms with Gasteiger partial charge < -0.3 is 18.9 Å². The first-order valence-corrected chi connectivity index (χ1v) is 6.15. The van der Waals surface area contributed by atoms with E-state index in [1.807, 2.05) is 0 Å². The summed E-state index contributed by atoms with van der Waals surface area (Å²) in [6.45, 7) is 3.53. The van der Waals surface area contributed by atoms with Crippen LogP contribution in [-0.4, -0.2) is 45.3 Å². The van der Waals surface area contributed by atoms with Crippen LogP contribution in [0.2, 0.25) is 0 Å². The zero-order valence-corrected chi connectivity index (χ0v) is 12.1. The molecular formula is C13H20O7. The van der Waals surface area contributed by atoms with Crippen LogP contribution < -0.4 is 0 Å². The van der Waals surface area contributed by atoms with Gasteiger partial charge >= 0.3 is 17.9 Å². The molecule has 0 aromatic heterocycles. The average molecular weight is 288 g/mol. The number of hydrogen-bond donors (Lipinski definition) is 0. The van der Waals surface area contributed by atoms with Crippen LogP contribution in [0.25, 0.3) is 0 Å². The lowest BCUT2D eigenvalue weighted by molar-refractivity contribution is -0.162. The van der Waals surface area contributed by atoms with Crippen LogP contribution in [-0.2, 0) is 33.3 Å². The monoisotopic (exact) mass is 288 g/mol. The van der Waals surface area contributed by atoms with Crippen molar-refractivity contribution in [3.63, 3.8) is 0 Å². The van der Waals surface area contributed by atoms with E-state index in [1.165, 1.54) is 14.2 Å². The molecule has 0 spiro atoms. The Balaban J connectivity index is 5.02. The minimum absolute atomic E-state index is 0.128. The fourth-order valence-electron chi connectivity index (χ4n) is 1.34. The molecule has 0 atom stereocenters. The number of carbonyl (C=O) groups is 3. The smallest absolute Gasteiger partial charge is 0.333 e. The lowest BCUT2D eigenvalue weighted by atomic mass is 10.0. The van der Waals surface area contributed by atoms with Gasteiger partial charge in [0.2, 0.25) is 0 Å². The Hall–Kier alpha value is -2.05. The quantitative estimate of drug-likeness (QED) is 0.215. The van der Waals surface area contributed by atoms with Gasteiger partial charge in [0.15, 0.2) is 5.92 Å². The molecule has 0 aromatic rings. The largest absolute Gasteiger partial charge is 0.501 e. The summed E-state index contributed by atoms with van der Waals surface area (Å²) in [5, 5.41) is 0. The van der Waals surface area contributed by atoms with Crippen LogP contribution in [0.1, 0.15) is 20.3 Å². The molecule has 0 aliphatic heterocycles. The van der Waals surface area contributed by atoms with Crippen molar-refractivity contribution in [1.29, 1.82) is 0 Å². The summed E-state index contributed by atoms with van der Waals surface area (Å²) in [6.07, 6.45) is 0.925. The molecule has 0 aliphatic carbocycles. The maximum atomic E-state index is 11.7. The van der Waals surface area contributed by atoms with Crippen molar-refractivity contribution < 1.29 is 33.3 Å². The molecular weight excluding hydrogens is 268 g/mol. The predicted molar refractivity (Wildman–Crippen MR) is 68.5 cm³/mol. The second-order valence-corrected chi connectivity index (χ2v) is 3.60. The molecule has 0 N–H and O–H groups in total. The van der Waals surface area contributed by atoms with Crippen LogP contribution in [0, 0.1) is 5.92 Å². The van der Waals surface area contributed by atoms with Gasteiger partial charge in [0.05, 0.1) is 33.5 Å². The van der Waals surface area contributed by atoms with E-state index < -0.39 is 23.8 Å². The Morgan fingerprint density at radius 2 is 1.45 bits per heavy atom. The summed E-state index contributed by atoms with van der Waals surface area (Å²) < 4.78 is 19.0. The van der Waals surface area contributed by atoms with Gasteiger partial charge in [-0.3, -0.25) is 9.59 Å². The normalized spacial score (nSPS) is 10.9. The Morgan fingerprint density at radius 1 is 0.950 bits per heavy atom. The van der Waals surface area contributed by atoms with Crippen LogP contribution >= 0.6 is 0 Å². The summed E-state index contributed by atoms with van der Waals surface area (Å²) in [7, 11) is 2.53. The van der Waals surface area contributed by atoms with Gasteiger partial charge in [-0.25, -0.2) is 4.79 Å². The summed E-state index contributed by atoms with van der Waals surface area (Å²) in [4.78, 5) is 34.6. The summed E-state index contributed by atoms with van der Waals surface area (Å²) in [5.41, 5.74) is 0. The minimum atomic E-state index is -1.18. The van der Waals surface area contributed by atoms with E-state index >= 15 is 0 Å². The lowest BCUT2D eigenvalue weighted by Crippen LogP contribution is -2.29. The Bertz CT molecular complexity index is 355. The third kappa shape index (κ3) is 6.21. The predicted octanol–water partition coefficient (Wildman–Crippen LogP) is 0.822. The molecule has 0 saturated carbocycles. The van der Waals surface area contributed by atoms with E-state index in [9.17, 15) is 14.4 Å². The molecule has 0 radical (unpaired) electrons. The summed E-state index contributed by atoms with van der Waals surface area (Å²) >= 11 is 0. The van der Waals surface area contributed by atoms with Gasteiger partial charge in [-0.15, -0.1) is 0 Å². The maximum Gasteiger partial charge on any atom is 0.333 e. The first-order chi connectivity index (χ1) is 9.49. The van der Waals surface area contributed by atoms with E-state index in [0.717, 1.165) is 6.08 Å². The van der Waals surface area contributed by atoms with Crippen molar-refractivity contribution in [2.45, 2.75) is 20.3 Å². The topological polar surface area (TPSA) is 88.1 Å². The third-order valence-electron chi connectivity index (χ3n) is 2.29. The standard InChI is InChI=1S/C13H20O7/c1-5-19-12(15)10(13(16)20-6-2)7-9(17-3)8-11(14)18-4/h8,10H,5-7H2,1-4H3/b9-8+. The highest BCUT2D eigenvalue weighted by molar-refractivity contribution is 5.95. The number of rotatable bonds is 8. The first-order valence-electron chi connectivity index (χ1n) is 6.15. The van der Waals surface area contributed by atoms with Crippen LogP contribution in [0.15, 0.2) is 11.8 Å². The van der Waals surface area contributed by atoms with Crippen molar-refractivity contribution >= 4 is 17.9 Å². The van der Waals surface area contributed by atoms with Gasteiger partial charge in [-0.1, -0.05) is 0 Å². The molecule has 0 unspecified atom stereocenters. The Kier molecular flexibility index (Phi) is 8.82. The zero-order valence-electron chi connectivity index (χ0n) is 12.1. The second kappa shape index (κ2) is 9.82. The number of hydrogen-bond acceptors (Lipinski definition) is 7. The number of carbonyl (C=O) groups excluding carboxylic acids is 3. The molecule has 7 heteroatoms. The molecule has 0 heterocycles. The van der Waals surface area contributed by atoms with Gasteiger partial charge in [0, 0.05) is 6.42 Å². The first kappa shape index (κ1) is 17.9. The molecule has 0 fully saturated rings. The number of ether oxygens (including phenoxy) is 4. The Morgan fingerprint density at radius 3 is 1.80 bits per heavy atom. The van der Waals surface area contributed by atoms with Crippen LogP contribution in [0.5, 0.6) is 0 Å². The molecule has 0 rings (SSSR count). The van der Waals surface area contributed by atoms with Crippen LogP contribution in [0.3, 0.4) is 0 Å². The fraction of sp³-hybridized carbons (Fsp3) is 0.615. The van der Waals surface area contributed by atoms with Crippen molar-refractivity contribution in [3.8, 4) is 0 Å². The molecule has 0 aliphatic rings. The summed E-state index contributed by atoms with van der Waals surface area (Å²) in [5.74, 6) is -3.14. The van der Waals surface area contributed by atoms with E-state index in [1.54, 1.807) is 13.8 Å². The fourth-order valence-corrected chi connectivity index (χ4v) is 1.34. The number of esters is 3. The van der Waals surface area contributed by atoms with Crippen molar-refractivity contribution in [2.24, 2.45) is 5.92 Å². The van der Waals surface area contributed by atoms with Gasteiger partial charge in [-0.2, -0.15) is 0 Å². The number of allylic oxidation sites excluding steroid dienone is 1. The zero-order chi connectivity index (χ0) is 15.5. The molecule has 20 heavy (non-hydrogen) atoms. The third-order valence-corrected chi connectivity index (χ3v) is 2.29. The van der Waals surface area contributed by atoms with Crippen LogP contribution in [0.4, 0.5) is 0 Å². The molecule has 0 amide bonds. The van der Waals surface area contributed by atoms with Gasteiger partial charge in [0.1, 0.15) is 5.76 Å². The molecule has 7 nitrogen and oxygen atoms in total. The van der Waals surface area contributed by atoms with Gasteiger partial charge in [-0.05, 0) is 13.8 Å². The molecule has 114 valence electrons. The summed E-state index contributed by atoms with van der Waals surface area (Å²) in [6, 6.07) is 0. The SMILES string of the molecule is CCOC(=O)C(C/C(=C\C(=O)OC)OC)C(=O)OCC. The maximum absolute atomic E-state index is 11.7. The highest BCUT2D eigenvalue weighted by Crippen LogP contribution is 2.16. The highest BCUT2D eigenvalue weighted by Gasteiger charge is 2.31. The second-order valence-electron chi connectivity index (χ2n) is 3.60. The molecule has 0 bridgehead atoms. The van der Waals surface area contributed by atoms with Crippen molar-refractivity contribution in [1.82, 2.24) is 0 Å². The highest BCUT2D eigenvalue weighted by atomic mass is 16.6. The van der Waals surface area contributed by atoms with E-state index in [0.29, 0.717) is 0 Å².